The Morgan fingerprint density at radius 2 is 2.10 bits per heavy atom. The van der Waals surface area contributed by atoms with Crippen molar-refractivity contribution < 1.29 is 0 Å². The van der Waals surface area contributed by atoms with E-state index < -0.39 is 0 Å². The van der Waals surface area contributed by atoms with E-state index in [1.54, 1.807) is 0 Å². The summed E-state index contributed by atoms with van der Waals surface area (Å²) >= 11 is 0. The monoisotopic (exact) mass is 139 g/mol. The van der Waals surface area contributed by atoms with Gasteiger partial charge in [0, 0.05) is 0 Å². The molecule has 0 saturated heterocycles. The van der Waals surface area contributed by atoms with Crippen molar-refractivity contribution in [2.45, 2.75) is 40.5 Å². The second-order valence-electron chi connectivity index (χ2n) is 2.86. The molecule has 0 rings (SSSR count). The van der Waals surface area contributed by atoms with Crippen LogP contribution in [0.2, 0.25) is 0 Å². The summed E-state index contributed by atoms with van der Waals surface area (Å²) in [6.45, 7) is 8.78. The summed E-state index contributed by atoms with van der Waals surface area (Å²) in [4.78, 5) is 0. The van der Waals surface area contributed by atoms with Crippen LogP contribution in [0.1, 0.15) is 40.5 Å². The Morgan fingerprint density at radius 3 is 2.50 bits per heavy atom. The van der Waals surface area contributed by atoms with Crippen LogP contribution in [0.5, 0.6) is 0 Å². The van der Waals surface area contributed by atoms with Crippen LogP contribution in [0.25, 0.3) is 0 Å². The van der Waals surface area contributed by atoms with E-state index >= 15 is 0 Å². The van der Waals surface area contributed by atoms with E-state index in [2.05, 4.69) is 40.2 Å². The molecule has 0 heteroatoms. The van der Waals surface area contributed by atoms with Crippen LogP contribution in [0, 0.1) is 12.3 Å². The molecule has 0 fully saturated rings. The van der Waals surface area contributed by atoms with Gasteiger partial charge in [-0.1, -0.05) is 38.8 Å². The van der Waals surface area contributed by atoms with Gasteiger partial charge in [-0.3, -0.25) is 0 Å². The molecule has 0 aromatic carbocycles. The molecule has 0 aromatic heterocycles. The van der Waals surface area contributed by atoms with E-state index in [9.17, 15) is 0 Å². The van der Waals surface area contributed by atoms with Gasteiger partial charge in [0.25, 0.3) is 0 Å². The van der Waals surface area contributed by atoms with Crippen molar-refractivity contribution in [3.8, 4) is 0 Å². The molecule has 1 unspecified atom stereocenters. The van der Waals surface area contributed by atoms with Crippen molar-refractivity contribution in [2.24, 2.45) is 5.92 Å². The van der Waals surface area contributed by atoms with Crippen LogP contribution in [0.4, 0.5) is 0 Å². The van der Waals surface area contributed by atoms with Crippen LogP contribution in [-0.4, -0.2) is 0 Å². The third kappa shape index (κ3) is 3.71. The zero-order valence-corrected chi connectivity index (χ0v) is 7.65. The standard InChI is InChI=1S/C10H19/c1-5-7-8-10(4)9(3)6-2/h6,8-9H,5,7H2,1-4H3/b10-8+. The van der Waals surface area contributed by atoms with Crippen LogP contribution >= 0.6 is 0 Å². The van der Waals surface area contributed by atoms with Gasteiger partial charge in [0.2, 0.25) is 0 Å². The highest BCUT2D eigenvalue weighted by molar-refractivity contribution is 5.05. The Hall–Kier alpha value is -0.260. The van der Waals surface area contributed by atoms with Crippen molar-refractivity contribution in [3.05, 3.63) is 18.1 Å². The molecular weight excluding hydrogens is 120 g/mol. The minimum atomic E-state index is 0.659. The van der Waals surface area contributed by atoms with Crippen molar-refractivity contribution in [2.75, 3.05) is 0 Å². The van der Waals surface area contributed by atoms with Gasteiger partial charge < -0.3 is 0 Å². The molecule has 0 heterocycles. The van der Waals surface area contributed by atoms with Crippen molar-refractivity contribution >= 4 is 0 Å². The molecule has 59 valence electrons. The van der Waals surface area contributed by atoms with Gasteiger partial charge in [0.1, 0.15) is 0 Å². The molecule has 0 nitrogen and oxygen atoms in total. The first-order chi connectivity index (χ1) is 4.72. The zero-order valence-electron chi connectivity index (χ0n) is 7.65. The minimum Gasteiger partial charge on any atom is -0.0853 e. The van der Waals surface area contributed by atoms with Crippen molar-refractivity contribution in [1.29, 1.82) is 0 Å². The Bertz CT molecular complexity index is 101. The summed E-state index contributed by atoms with van der Waals surface area (Å²) in [5, 5.41) is 0. The summed E-state index contributed by atoms with van der Waals surface area (Å²) < 4.78 is 0. The Labute approximate surface area is 65.3 Å². The molecule has 0 saturated carbocycles. The number of rotatable bonds is 4. The topological polar surface area (TPSA) is 0 Å². The van der Waals surface area contributed by atoms with Gasteiger partial charge >= 0.3 is 0 Å². The van der Waals surface area contributed by atoms with E-state index in [4.69, 9.17) is 0 Å². The number of unbranched alkanes of at least 4 members (excludes halogenated alkanes) is 1. The van der Waals surface area contributed by atoms with Gasteiger partial charge in [-0.2, -0.15) is 0 Å². The smallest absolute Gasteiger partial charge is 0.0206 e. The summed E-state index contributed by atoms with van der Waals surface area (Å²) in [5.74, 6) is 0.659. The first-order valence-corrected chi connectivity index (χ1v) is 4.18. The molecule has 1 atom stereocenters. The lowest BCUT2D eigenvalue weighted by atomic mass is 9.99. The Morgan fingerprint density at radius 1 is 1.50 bits per heavy atom. The highest BCUT2D eigenvalue weighted by atomic mass is 14.0. The van der Waals surface area contributed by atoms with Gasteiger partial charge in [-0.15, -0.1) is 0 Å². The zero-order chi connectivity index (χ0) is 7.98. The fraction of sp³-hybridized carbons (Fsp3) is 0.700. The molecule has 0 bridgehead atoms. The maximum atomic E-state index is 2.34. The maximum absolute atomic E-state index is 2.34. The minimum absolute atomic E-state index is 0.659. The van der Waals surface area contributed by atoms with Gasteiger partial charge in [0.05, 0.1) is 0 Å². The van der Waals surface area contributed by atoms with Gasteiger partial charge in [-0.25, -0.2) is 0 Å². The normalized spacial score (nSPS) is 15.4. The van der Waals surface area contributed by atoms with E-state index in [1.807, 2.05) is 0 Å². The number of hydrogen-bond donors (Lipinski definition) is 0. The first kappa shape index (κ1) is 9.74. The molecule has 10 heavy (non-hydrogen) atoms. The molecular formula is C10H19. The molecule has 1 radical (unpaired) electrons. The number of allylic oxidation sites excluding steroid dienone is 2. The van der Waals surface area contributed by atoms with E-state index in [0.717, 1.165) is 0 Å². The van der Waals surface area contributed by atoms with Crippen LogP contribution in [-0.2, 0) is 0 Å². The second-order valence-corrected chi connectivity index (χ2v) is 2.86. The predicted molar refractivity (Wildman–Crippen MR) is 47.8 cm³/mol. The summed E-state index contributed by atoms with van der Waals surface area (Å²) in [7, 11) is 0. The van der Waals surface area contributed by atoms with E-state index in [1.165, 1.54) is 18.4 Å². The summed E-state index contributed by atoms with van der Waals surface area (Å²) in [6.07, 6.45) is 7.06. The summed E-state index contributed by atoms with van der Waals surface area (Å²) in [6, 6.07) is 0. The fourth-order valence-corrected chi connectivity index (χ4v) is 0.821. The van der Waals surface area contributed by atoms with Crippen molar-refractivity contribution in [1.82, 2.24) is 0 Å². The highest BCUT2D eigenvalue weighted by Gasteiger charge is 1.98. The SMILES string of the molecule is C[CH]C(C)/C(C)=C/CCC. The van der Waals surface area contributed by atoms with E-state index in [-0.39, 0.29) is 0 Å². The Balaban J connectivity index is 3.67. The van der Waals surface area contributed by atoms with E-state index in [0.29, 0.717) is 5.92 Å². The fourth-order valence-electron chi connectivity index (χ4n) is 0.821. The lowest BCUT2D eigenvalue weighted by molar-refractivity contribution is 0.779. The van der Waals surface area contributed by atoms with Gasteiger partial charge in [0.15, 0.2) is 0 Å². The quantitative estimate of drug-likeness (QED) is 0.522. The molecule has 0 N–H and O–H groups in total. The maximum Gasteiger partial charge on any atom is -0.0206 e. The average Bonchev–Trinajstić information content (AvgIpc) is 1.98. The molecule has 0 aliphatic carbocycles. The molecule has 0 amide bonds. The van der Waals surface area contributed by atoms with Gasteiger partial charge in [-0.05, 0) is 25.7 Å². The lowest BCUT2D eigenvalue weighted by Crippen LogP contribution is -1.93. The van der Waals surface area contributed by atoms with Crippen LogP contribution < -0.4 is 0 Å². The van der Waals surface area contributed by atoms with Crippen molar-refractivity contribution in [3.63, 3.8) is 0 Å². The highest BCUT2D eigenvalue weighted by Crippen LogP contribution is 2.13. The molecule has 0 aliphatic rings. The largest absolute Gasteiger partial charge is 0.0853 e. The van der Waals surface area contributed by atoms with Crippen LogP contribution in [0.15, 0.2) is 11.6 Å². The molecule has 0 aromatic rings. The molecule has 0 spiro atoms. The Kier molecular flexibility index (Phi) is 5.38. The summed E-state index contributed by atoms with van der Waals surface area (Å²) in [5.41, 5.74) is 1.50. The average molecular weight is 139 g/mol. The number of hydrogen-bond acceptors (Lipinski definition) is 0. The lowest BCUT2D eigenvalue weighted by Gasteiger charge is -2.07. The third-order valence-corrected chi connectivity index (χ3v) is 1.97. The van der Waals surface area contributed by atoms with Crippen LogP contribution in [0.3, 0.4) is 0 Å². The first-order valence-electron chi connectivity index (χ1n) is 4.18. The molecule has 0 aliphatic heterocycles. The third-order valence-electron chi connectivity index (χ3n) is 1.97. The predicted octanol–water partition coefficient (Wildman–Crippen LogP) is 3.59. The second kappa shape index (κ2) is 5.52.